The molecule has 0 spiro atoms. The van der Waals surface area contributed by atoms with Crippen LogP contribution in [-0.4, -0.2) is 19.5 Å². The van der Waals surface area contributed by atoms with Gasteiger partial charge in [-0.2, -0.15) is 4.98 Å². The van der Waals surface area contributed by atoms with Gasteiger partial charge in [0.05, 0.1) is 6.33 Å². The summed E-state index contributed by atoms with van der Waals surface area (Å²) in [4.78, 5) is 14.5. The van der Waals surface area contributed by atoms with Crippen molar-refractivity contribution in [2.45, 2.75) is 6.54 Å². The summed E-state index contributed by atoms with van der Waals surface area (Å²) in [6.07, 6.45) is 3.26. The molecule has 80 valence electrons. The number of nitrogens with zero attached hydrogens (tertiary/aromatic N) is 7. The fourth-order valence-corrected chi connectivity index (χ4v) is 1.37. The lowest BCUT2D eigenvalue weighted by Gasteiger charge is -2.01. The number of anilines is 1. The Hall–Kier alpha value is -2.60. The molecule has 0 bridgehead atoms. The maximum atomic E-state index is 8.44. The molecule has 16 heavy (non-hydrogen) atoms. The number of azide groups is 1. The highest BCUT2D eigenvalue weighted by molar-refractivity contribution is 5.82. The van der Waals surface area contributed by atoms with Crippen LogP contribution in [0.1, 0.15) is 0 Å². The number of hydrogen-bond donors (Lipinski definition) is 1. The predicted molar refractivity (Wildman–Crippen MR) is 58.7 cm³/mol. The highest BCUT2D eigenvalue weighted by atomic mass is 15.2. The number of rotatable bonds is 3. The van der Waals surface area contributed by atoms with Gasteiger partial charge in [-0.1, -0.05) is 6.08 Å². The van der Waals surface area contributed by atoms with Crippen LogP contribution in [0.3, 0.4) is 0 Å². The van der Waals surface area contributed by atoms with Crippen LogP contribution in [0.25, 0.3) is 21.6 Å². The largest absolute Gasteiger partial charge is 0.368 e. The second-order valence-corrected chi connectivity index (χ2v) is 2.95. The summed E-state index contributed by atoms with van der Waals surface area (Å²) in [5, 5.41) is 3.47. The third kappa shape index (κ3) is 1.53. The van der Waals surface area contributed by atoms with E-state index in [4.69, 9.17) is 11.3 Å². The maximum Gasteiger partial charge on any atom is 0.222 e. The van der Waals surface area contributed by atoms with Crippen molar-refractivity contribution in [1.82, 2.24) is 19.5 Å². The quantitative estimate of drug-likeness (QED) is 0.362. The SMILES string of the molecule is C=CCn1cnc2nc(N)nc(N=[N+]=[N-])c21. The minimum atomic E-state index is 0.0266. The van der Waals surface area contributed by atoms with Gasteiger partial charge in [0.15, 0.2) is 11.5 Å². The normalized spacial score (nSPS) is 10.0. The van der Waals surface area contributed by atoms with Crippen molar-refractivity contribution < 1.29 is 0 Å². The summed E-state index contributed by atoms with van der Waals surface area (Å²) in [6, 6.07) is 0. The molecule has 0 atom stereocenters. The molecule has 2 aromatic heterocycles. The minimum absolute atomic E-state index is 0.0266. The van der Waals surface area contributed by atoms with Crippen LogP contribution >= 0.6 is 0 Å². The van der Waals surface area contributed by atoms with Crippen LogP contribution in [0.2, 0.25) is 0 Å². The Morgan fingerprint density at radius 2 is 2.44 bits per heavy atom. The molecule has 0 saturated carbocycles. The molecule has 0 aliphatic heterocycles. The lowest BCUT2D eigenvalue weighted by atomic mass is 10.4. The second-order valence-electron chi connectivity index (χ2n) is 2.95. The first-order chi connectivity index (χ1) is 7.76. The van der Waals surface area contributed by atoms with Crippen LogP contribution < -0.4 is 5.73 Å². The van der Waals surface area contributed by atoms with E-state index in [1.807, 2.05) is 0 Å². The van der Waals surface area contributed by atoms with Gasteiger partial charge < -0.3 is 10.3 Å². The second kappa shape index (κ2) is 3.87. The van der Waals surface area contributed by atoms with Crippen LogP contribution in [0, 0.1) is 0 Å². The zero-order chi connectivity index (χ0) is 11.5. The molecule has 0 fully saturated rings. The summed E-state index contributed by atoms with van der Waals surface area (Å²) < 4.78 is 1.73. The van der Waals surface area contributed by atoms with E-state index in [2.05, 4.69) is 31.6 Å². The fourth-order valence-electron chi connectivity index (χ4n) is 1.37. The van der Waals surface area contributed by atoms with Gasteiger partial charge in [-0.15, -0.1) is 6.58 Å². The number of imidazole rings is 1. The molecule has 0 radical (unpaired) electrons. The third-order valence-electron chi connectivity index (χ3n) is 1.94. The number of fused-ring (bicyclic) bond motifs is 1. The van der Waals surface area contributed by atoms with E-state index in [-0.39, 0.29) is 11.8 Å². The average molecular weight is 216 g/mol. The third-order valence-corrected chi connectivity index (χ3v) is 1.94. The summed E-state index contributed by atoms with van der Waals surface area (Å²) in [5.74, 6) is 0.197. The van der Waals surface area contributed by atoms with E-state index in [1.165, 1.54) is 0 Å². The Bertz CT molecular complexity index is 591. The number of nitrogens with two attached hydrogens (primary N) is 1. The fraction of sp³-hybridized carbons (Fsp3) is 0.125. The van der Waals surface area contributed by atoms with E-state index in [0.717, 1.165) is 0 Å². The summed E-state index contributed by atoms with van der Waals surface area (Å²) >= 11 is 0. The molecule has 0 amide bonds. The Labute approximate surface area is 90.1 Å². The minimum Gasteiger partial charge on any atom is -0.368 e. The van der Waals surface area contributed by atoms with Crippen LogP contribution in [0.4, 0.5) is 11.8 Å². The molecular weight excluding hydrogens is 208 g/mol. The van der Waals surface area contributed by atoms with Crippen LogP contribution in [0.15, 0.2) is 24.1 Å². The summed E-state index contributed by atoms with van der Waals surface area (Å²) in [5.41, 5.74) is 14.8. The van der Waals surface area contributed by atoms with Gasteiger partial charge in [0.25, 0.3) is 0 Å². The zero-order valence-electron chi connectivity index (χ0n) is 8.28. The van der Waals surface area contributed by atoms with E-state index < -0.39 is 0 Å². The van der Waals surface area contributed by atoms with Crippen LogP contribution in [0.5, 0.6) is 0 Å². The molecule has 2 heterocycles. The van der Waals surface area contributed by atoms with Crippen molar-refractivity contribution in [1.29, 1.82) is 0 Å². The van der Waals surface area contributed by atoms with Gasteiger partial charge in [-0.3, -0.25) is 0 Å². The van der Waals surface area contributed by atoms with Gasteiger partial charge in [0.2, 0.25) is 5.95 Å². The average Bonchev–Trinajstić information content (AvgIpc) is 2.62. The topological polar surface area (TPSA) is 118 Å². The maximum absolute atomic E-state index is 8.44. The van der Waals surface area contributed by atoms with Crippen molar-refractivity contribution in [3.8, 4) is 0 Å². The van der Waals surface area contributed by atoms with Gasteiger partial charge in [0, 0.05) is 11.5 Å². The molecule has 0 aromatic carbocycles. The van der Waals surface area contributed by atoms with Crippen molar-refractivity contribution in [2.75, 3.05) is 5.73 Å². The predicted octanol–water partition coefficient (Wildman–Crippen LogP) is 1.54. The first kappa shape index (κ1) is 9.94. The lowest BCUT2D eigenvalue weighted by Crippen LogP contribution is -1.98. The molecular formula is C8H8N8. The molecule has 0 unspecified atom stereocenters. The Balaban J connectivity index is 2.78. The first-order valence-corrected chi connectivity index (χ1v) is 4.40. The Kier molecular flexibility index (Phi) is 2.40. The monoisotopic (exact) mass is 216 g/mol. The first-order valence-electron chi connectivity index (χ1n) is 4.40. The molecule has 0 saturated heterocycles. The zero-order valence-corrected chi connectivity index (χ0v) is 8.28. The van der Waals surface area contributed by atoms with Crippen molar-refractivity contribution in [3.05, 3.63) is 29.4 Å². The van der Waals surface area contributed by atoms with E-state index in [1.54, 1.807) is 17.0 Å². The highest BCUT2D eigenvalue weighted by Gasteiger charge is 2.10. The highest BCUT2D eigenvalue weighted by Crippen LogP contribution is 2.23. The summed E-state index contributed by atoms with van der Waals surface area (Å²) in [6.45, 7) is 4.14. The van der Waals surface area contributed by atoms with E-state index in [0.29, 0.717) is 17.7 Å². The number of nitrogen functional groups attached to an aromatic ring is 1. The number of aromatic nitrogens is 4. The van der Waals surface area contributed by atoms with Crippen molar-refractivity contribution in [2.24, 2.45) is 5.11 Å². The summed E-state index contributed by atoms with van der Waals surface area (Å²) in [7, 11) is 0. The molecule has 8 nitrogen and oxygen atoms in total. The van der Waals surface area contributed by atoms with E-state index >= 15 is 0 Å². The number of hydrogen-bond acceptors (Lipinski definition) is 5. The molecule has 2 rings (SSSR count). The standard InChI is InChI=1S/C8H8N8/c1-2-3-16-4-11-6-5(16)7(14-15-10)13-8(9)12-6/h2,4H,1,3H2,(H2,9,12,13). The molecule has 0 aliphatic rings. The Morgan fingerprint density at radius 3 is 3.12 bits per heavy atom. The van der Waals surface area contributed by atoms with Crippen molar-refractivity contribution in [3.63, 3.8) is 0 Å². The molecule has 8 heteroatoms. The van der Waals surface area contributed by atoms with E-state index in [9.17, 15) is 0 Å². The van der Waals surface area contributed by atoms with Gasteiger partial charge in [-0.25, -0.2) is 9.97 Å². The lowest BCUT2D eigenvalue weighted by molar-refractivity contribution is 0.849. The molecule has 0 aliphatic carbocycles. The van der Waals surface area contributed by atoms with Gasteiger partial charge >= 0.3 is 0 Å². The Morgan fingerprint density at radius 1 is 1.62 bits per heavy atom. The van der Waals surface area contributed by atoms with Gasteiger partial charge in [-0.05, 0) is 10.6 Å². The van der Waals surface area contributed by atoms with Crippen LogP contribution in [-0.2, 0) is 6.54 Å². The molecule has 2 aromatic rings. The van der Waals surface area contributed by atoms with Gasteiger partial charge in [0.1, 0.15) is 5.52 Å². The molecule has 2 N–H and O–H groups in total. The van der Waals surface area contributed by atoms with Crippen molar-refractivity contribution >= 4 is 22.9 Å². The number of allylic oxidation sites excluding steroid dienone is 1. The smallest absolute Gasteiger partial charge is 0.222 e.